The molecule has 0 spiro atoms. The molecule has 6 atom stereocenters. The van der Waals surface area contributed by atoms with Crippen molar-refractivity contribution in [2.75, 3.05) is 5.32 Å². The van der Waals surface area contributed by atoms with Crippen molar-refractivity contribution in [3.05, 3.63) is 173 Å². The van der Waals surface area contributed by atoms with Crippen LogP contribution in [0.5, 0.6) is 0 Å². The van der Waals surface area contributed by atoms with Gasteiger partial charge in [0.2, 0.25) is 11.8 Å². The first-order valence-electron chi connectivity index (χ1n) is 20.8. The van der Waals surface area contributed by atoms with Crippen molar-refractivity contribution in [2.24, 2.45) is 5.41 Å². The third-order valence-electron chi connectivity index (χ3n) is 10.8. The van der Waals surface area contributed by atoms with E-state index in [1.165, 1.54) is 0 Å². The molecule has 0 bridgehead atoms. The van der Waals surface area contributed by atoms with Crippen LogP contribution in [0.3, 0.4) is 0 Å². The van der Waals surface area contributed by atoms with Crippen molar-refractivity contribution in [3.63, 3.8) is 0 Å². The fraction of sp³-hybridized carbons (Fsp3) is 0.306. The van der Waals surface area contributed by atoms with E-state index in [2.05, 4.69) is 31.9 Å². The number of benzene rings is 5. The zero-order valence-electron chi connectivity index (χ0n) is 35.2. The molecular weight excluding hydrogens is 785 g/mol. The third kappa shape index (κ3) is 12.7. The smallest absolute Gasteiger partial charge is 0.408 e. The fourth-order valence-corrected chi connectivity index (χ4v) is 7.42. The lowest BCUT2D eigenvalue weighted by Crippen LogP contribution is -2.62. The van der Waals surface area contributed by atoms with Crippen LogP contribution in [0.2, 0.25) is 0 Å². The topological polar surface area (TPSA) is 190 Å². The van der Waals surface area contributed by atoms with Gasteiger partial charge < -0.3 is 41.5 Å². The van der Waals surface area contributed by atoms with E-state index < -0.39 is 59.7 Å². The lowest BCUT2D eigenvalue weighted by molar-refractivity contribution is -0.131. The van der Waals surface area contributed by atoms with E-state index in [9.17, 15) is 29.4 Å². The number of hydrogen-bond acceptors (Lipinski definition) is 8. The van der Waals surface area contributed by atoms with Gasteiger partial charge in [0.25, 0.3) is 0 Å². The second-order valence-corrected chi connectivity index (χ2v) is 16.6. The normalized spacial score (nSPS) is 16.4. The van der Waals surface area contributed by atoms with Crippen molar-refractivity contribution in [1.82, 2.24) is 26.6 Å². The summed E-state index contributed by atoms with van der Waals surface area (Å²) in [6, 6.07) is 38.1. The number of rotatable bonds is 17. The van der Waals surface area contributed by atoms with Gasteiger partial charge in [-0.3, -0.25) is 14.9 Å². The van der Waals surface area contributed by atoms with Gasteiger partial charge in [-0.15, -0.1) is 0 Å². The highest BCUT2D eigenvalue weighted by Gasteiger charge is 2.40. The highest BCUT2D eigenvalue weighted by Crippen LogP contribution is 2.31. The van der Waals surface area contributed by atoms with Crippen molar-refractivity contribution < 1.29 is 34.1 Å². The SMILES string of the molecule is CC(C)(C)[C@H](NC(=O)OCc1ccccc1)C(=O)N[C@@H](Cc1ccccc1)[C@@H](O)[C@@H](NCc1ccc(CNC(=O)Nc2ccccc2)cc1)C(=O)NC1c2ccccc2CC1O. The van der Waals surface area contributed by atoms with E-state index >= 15 is 0 Å². The first-order valence-corrected chi connectivity index (χ1v) is 20.8. The predicted molar refractivity (Wildman–Crippen MR) is 237 cm³/mol. The van der Waals surface area contributed by atoms with Gasteiger partial charge in [-0.05, 0) is 57.3 Å². The van der Waals surface area contributed by atoms with Crippen molar-refractivity contribution in [2.45, 2.75) is 89.7 Å². The molecule has 0 radical (unpaired) electrons. The Morgan fingerprint density at radius 1 is 0.694 bits per heavy atom. The fourth-order valence-electron chi connectivity index (χ4n) is 7.42. The molecule has 62 heavy (non-hydrogen) atoms. The number of carbonyl (C=O) groups excluding carboxylic acids is 4. The summed E-state index contributed by atoms with van der Waals surface area (Å²) in [6.07, 6.45) is -2.67. The van der Waals surface area contributed by atoms with Crippen LogP contribution in [0.4, 0.5) is 15.3 Å². The molecule has 13 nitrogen and oxygen atoms in total. The molecule has 1 aliphatic rings. The minimum atomic E-state index is -1.51. The molecule has 0 saturated carbocycles. The standard InChI is InChI=1S/C49H56N6O7/c1-49(2,3)44(55-48(61)62-31-35-17-9-5-10-18-35)46(59)53-39(27-32-15-7-4-8-16-32)43(57)42(45(58)54-41-38-22-14-13-19-36(38)28-40(41)56)50-29-33-23-25-34(26-24-33)30-51-47(60)52-37-20-11-6-12-21-37/h4-26,39-44,50,56-57H,27-31H2,1-3H3,(H,53,59)(H,54,58)(H,55,61)(H2,51,52,60)/t39-,40?,41?,42+,43+,44+/m0/s1. The van der Waals surface area contributed by atoms with Gasteiger partial charge in [-0.1, -0.05) is 148 Å². The summed E-state index contributed by atoms with van der Waals surface area (Å²) in [5.74, 6) is -1.15. The van der Waals surface area contributed by atoms with Crippen LogP contribution >= 0.6 is 0 Å². The average Bonchev–Trinajstić information content (AvgIpc) is 3.58. The number of fused-ring (bicyclic) bond motifs is 1. The number of alkyl carbamates (subject to hydrolysis) is 1. The number of hydrogen-bond donors (Lipinski definition) is 8. The number of aliphatic hydroxyl groups excluding tert-OH is 2. The third-order valence-corrected chi connectivity index (χ3v) is 10.8. The first kappa shape index (κ1) is 45.0. The monoisotopic (exact) mass is 840 g/mol. The number of para-hydroxylation sites is 1. The Kier molecular flexibility index (Phi) is 15.5. The van der Waals surface area contributed by atoms with Gasteiger partial charge in [-0.2, -0.15) is 0 Å². The Morgan fingerprint density at radius 3 is 1.92 bits per heavy atom. The van der Waals surface area contributed by atoms with Gasteiger partial charge in [-0.25, -0.2) is 9.59 Å². The molecule has 5 aromatic carbocycles. The summed E-state index contributed by atoms with van der Waals surface area (Å²) in [5.41, 5.74) is 4.80. The maximum Gasteiger partial charge on any atom is 0.408 e. The number of carbonyl (C=O) groups is 4. The maximum absolute atomic E-state index is 14.4. The van der Waals surface area contributed by atoms with Gasteiger partial charge >= 0.3 is 12.1 Å². The summed E-state index contributed by atoms with van der Waals surface area (Å²) >= 11 is 0. The van der Waals surface area contributed by atoms with E-state index in [1.807, 2.05) is 127 Å². The van der Waals surface area contributed by atoms with Crippen LogP contribution in [0.15, 0.2) is 140 Å². The average molecular weight is 841 g/mol. The Bertz CT molecular complexity index is 2240. The van der Waals surface area contributed by atoms with Crippen LogP contribution < -0.4 is 31.9 Å². The van der Waals surface area contributed by atoms with Gasteiger partial charge in [0.05, 0.1) is 24.3 Å². The first-order chi connectivity index (χ1) is 29.8. The summed E-state index contributed by atoms with van der Waals surface area (Å²) in [6.45, 7) is 5.85. The zero-order chi connectivity index (χ0) is 44.1. The minimum absolute atomic E-state index is 0.00859. The van der Waals surface area contributed by atoms with E-state index in [0.29, 0.717) is 12.1 Å². The lowest BCUT2D eigenvalue weighted by atomic mass is 9.85. The molecule has 1 aliphatic carbocycles. The largest absolute Gasteiger partial charge is 0.445 e. The van der Waals surface area contributed by atoms with Crippen molar-refractivity contribution >= 4 is 29.6 Å². The lowest BCUT2D eigenvalue weighted by Gasteiger charge is -2.35. The molecule has 13 heteroatoms. The van der Waals surface area contributed by atoms with E-state index in [4.69, 9.17) is 4.74 Å². The summed E-state index contributed by atoms with van der Waals surface area (Å²) in [7, 11) is 0. The molecule has 0 heterocycles. The van der Waals surface area contributed by atoms with E-state index in [0.717, 1.165) is 33.4 Å². The zero-order valence-corrected chi connectivity index (χ0v) is 35.2. The Morgan fingerprint density at radius 2 is 1.27 bits per heavy atom. The van der Waals surface area contributed by atoms with E-state index in [-0.39, 0.29) is 32.1 Å². The molecule has 0 saturated heterocycles. The Balaban J connectivity index is 1.20. The molecule has 0 aliphatic heterocycles. The summed E-state index contributed by atoms with van der Waals surface area (Å²) in [5, 5.41) is 41.0. The molecule has 324 valence electrons. The van der Waals surface area contributed by atoms with Crippen LogP contribution in [-0.4, -0.2) is 64.5 Å². The number of aliphatic hydroxyl groups is 2. The van der Waals surface area contributed by atoms with Gasteiger partial charge in [0.15, 0.2) is 0 Å². The second-order valence-electron chi connectivity index (χ2n) is 16.6. The van der Waals surface area contributed by atoms with Crippen LogP contribution in [0, 0.1) is 5.41 Å². The van der Waals surface area contributed by atoms with E-state index in [1.54, 1.807) is 32.9 Å². The Labute approximate surface area is 362 Å². The number of urea groups is 1. The quantitative estimate of drug-likeness (QED) is 0.0588. The number of ether oxygens (including phenoxy) is 1. The summed E-state index contributed by atoms with van der Waals surface area (Å²) in [4.78, 5) is 54.3. The molecule has 6 rings (SSSR count). The molecule has 2 unspecified atom stereocenters. The number of amides is 5. The highest BCUT2D eigenvalue weighted by atomic mass is 16.5. The van der Waals surface area contributed by atoms with Crippen LogP contribution in [0.1, 0.15) is 60.2 Å². The minimum Gasteiger partial charge on any atom is -0.445 e. The maximum atomic E-state index is 14.4. The second kappa shape index (κ2) is 21.3. The van der Waals surface area contributed by atoms with Crippen LogP contribution in [0.25, 0.3) is 0 Å². The van der Waals surface area contributed by atoms with Crippen LogP contribution in [-0.2, 0) is 46.9 Å². The van der Waals surface area contributed by atoms with Gasteiger partial charge in [0.1, 0.15) is 18.7 Å². The highest BCUT2D eigenvalue weighted by molar-refractivity contribution is 5.89. The number of nitrogens with one attached hydrogen (secondary N) is 6. The molecular formula is C49H56N6O7. The number of anilines is 1. The predicted octanol–water partition coefficient (Wildman–Crippen LogP) is 5.67. The molecule has 0 fully saturated rings. The van der Waals surface area contributed by atoms with Crippen molar-refractivity contribution in [1.29, 1.82) is 0 Å². The molecule has 5 aromatic rings. The Hall–Kier alpha value is -6.54. The molecule has 5 amide bonds. The molecule has 8 N–H and O–H groups in total. The summed E-state index contributed by atoms with van der Waals surface area (Å²) < 4.78 is 5.46. The molecule has 0 aromatic heterocycles. The van der Waals surface area contributed by atoms with Gasteiger partial charge in [0, 0.05) is 25.2 Å². The van der Waals surface area contributed by atoms with Crippen molar-refractivity contribution in [3.8, 4) is 0 Å².